The van der Waals surface area contributed by atoms with Crippen LogP contribution in [-0.2, 0) is 0 Å². The Bertz CT molecular complexity index is 256. The second-order valence-corrected chi connectivity index (χ2v) is 3.78. The van der Waals surface area contributed by atoms with Crippen molar-refractivity contribution >= 4 is 0 Å². The molecule has 1 atom stereocenters. The maximum atomic E-state index is 9.99. The Labute approximate surface area is 79.6 Å². The molecule has 1 rings (SSSR count). The normalized spacial score (nSPS) is 14.2. The van der Waals surface area contributed by atoms with Crippen molar-refractivity contribution in [3.05, 3.63) is 35.9 Å². The molecule has 1 aromatic carbocycles. The summed E-state index contributed by atoms with van der Waals surface area (Å²) in [5.41, 5.74) is 0.656. The number of hydrogen-bond acceptors (Lipinski definition) is 2. The molecule has 0 bridgehead atoms. The van der Waals surface area contributed by atoms with Gasteiger partial charge in [-0.25, -0.2) is 0 Å². The number of hydrogen-bond donors (Lipinski definition) is 2. The zero-order chi connectivity index (χ0) is 9.90. The van der Waals surface area contributed by atoms with Crippen molar-refractivity contribution in [1.29, 1.82) is 0 Å². The highest BCUT2D eigenvalue weighted by molar-refractivity contribution is 5.20. The minimum atomic E-state index is -0.473. The van der Waals surface area contributed by atoms with Crippen LogP contribution in [0.3, 0.4) is 0 Å². The third kappa shape index (κ3) is 2.29. The Morgan fingerprint density at radius 2 is 1.77 bits per heavy atom. The monoisotopic (exact) mass is 179 g/mol. The average molecular weight is 179 g/mol. The van der Waals surface area contributed by atoms with Gasteiger partial charge in [0.1, 0.15) is 0 Å². The predicted molar refractivity (Wildman–Crippen MR) is 54.5 cm³/mol. The SMILES string of the molecule is CNC(C)(C)C(O)c1ccccc1. The highest BCUT2D eigenvalue weighted by Crippen LogP contribution is 2.24. The van der Waals surface area contributed by atoms with Crippen molar-refractivity contribution in [2.75, 3.05) is 7.05 Å². The molecule has 0 spiro atoms. The van der Waals surface area contributed by atoms with E-state index < -0.39 is 6.10 Å². The number of rotatable bonds is 3. The van der Waals surface area contributed by atoms with E-state index in [-0.39, 0.29) is 5.54 Å². The predicted octanol–water partition coefficient (Wildman–Crippen LogP) is 1.72. The van der Waals surface area contributed by atoms with Crippen LogP contribution < -0.4 is 5.32 Å². The summed E-state index contributed by atoms with van der Waals surface area (Å²) >= 11 is 0. The van der Waals surface area contributed by atoms with E-state index in [1.807, 2.05) is 51.2 Å². The second kappa shape index (κ2) is 3.90. The van der Waals surface area contributed by atoms with Gasteiger partial charge in [0.2, 0.25) is 0 Å². The molecule has 0 aliphatic carbocycles. The maximum Gasteiger partial charge on any atom is 0.0965 e. The number of likely N-dealkylation sites (N-methyl/N-ethyl adjacent to an activating group) is 1. The summed E-state index contributed by atoms with van der Waals surface area (Å²) in [6.07, 6.45) is -0.473. The zero-order valence-electron chi connectivity index (χ0n) is 8.41. The van der Waals surface area contributed by atoms with Gasteiger partial charge in [-0.05, 0) is 26.5 Å². The summed E-state index contributed by atoms with van der Waals surface area (Å²) in [5, 5.41) is 13.1. The van der Waals surface area contributed by atoms with E-state index in [0.717, 1.165) is 5.56 Å². The number of aliphatic hydroxyl groups excluding tert-OH is 1. The van der Waals surface area contributed by atoms with E-state index >= 15 is 0 Å². The van der Waals surface area contributed by atoms with E-state index in [4.69, 9.17) is 0 Å². The van der Waals surface area contributed by atoms with Crippen molar-refractivity contribution in [3.8, 4) is 0 Å². The van der Waals surface area contributed by atoms with E-state index in [1.54, 1.807) is 0 Å². The highest BCUT2D eigenvalue weighted by atomic mass is 16.3. The lowest BCUT2D eigenvalue weighted by atomic mass is 9.92. The van der Waals surface area contributed by atoms with Gasteiger partial charge < -0.3 is 10.4 Å². The van der Waals surface area contributed by atoms with E-state index in [9.17, 15) is 5.11 Å². The van der Waals surface area contributed by atoms with Crippen molar-refractivity contribution < 1.29 is 5.11 Å². The van der Waals surface area contributed by atoms with Crippen LogP contribution >= 0.6 is 0 Å². The molecule has 13 heavy (non-hydrogen) atoms. The first-order chi connectivity index (χ1) is 6.08. The molecular weight excluding hydrogens is 162 g/mol. The van der Waals surface area contributed by atoms with Crippen LogP contribution in [0.15, 0.2) is 30.3 Å². The van der Waals surface area contributed by atoms with Crippen LogP contribution in [0.2, 0.25) is 0 Å². The van der Waals surface area contributed by atoms with Gasteiger partial charge in [-0.1, -0.05) is 30.3 Å². The smallest absolute Gasteiger partial charge is 0.0965 e. The lowest BCUT2D eigenvalue weighted by Gasteiger charge is -2.30. The van der Waals surface area contributed by atoms with Gasteiger partial charge in [-0.3, -0.25) is 0 Å². The van der Waals surface area contributed by atoms with Gasteiger partial charge in [0, 0.05) is 5.54 Å². The molecule has 2 nitrogen and oxygen atoms in total. The van der Waals surface area contributed by atoms with Crippen LogP contribution in [0.1, 0.15) is 25.5 Å². The van der Waals surface area contributed by atoms with E-state index in [1.165, 1.54) is 0 Å². The van der Waals surface area contributed by atoms with Crippen molar-refractivity contribution in [1.82, 2.24) is 5.32 Å². The van der Waals surface area contributed by atoms with Gasteiger partial charge in [-0.15, -0.1) is 0 Å². The Hall–Kier alpha value is -0.860. The van der Waals surface area contributed by atoms with Crippen molar-refractivity contribution in [3.63, 3.8) is 0 Å². The van der Waals surface area contributed by atoms with Gasteiger partial charge >= 0.3 is 0 Å². The molecule has 2 N–H and O–H groups in total. The van der Waals surface area contributed by atoms with E-state index in [2.05, 4.69) is 5.32 Å². The van der Waals surface area contributed by atoms with E-state index in [0.29, 0.717) is 0 Å². The lowest BCUT2D eigenvalue weighted by Crippen LogP contribution is -2.42. The Kier molecular flexibility index (Phi) is 3.07. The fourth-order valence-electron chi connectivity index (χ4n) is 1.19. The maximum absolute atomic E-state index is 9.99. The van der Waals surface area contributed by atoms with Crippen LogP contribution in [-0.4, -0.2) is 17.7 Å². The standard InChI is InChI=1S/C11H17NO/c1-11(2,12-3)10(13)9-7-5-4-6-8-9/h4-8,10,12-13H,1-3H3. The molecule has 1 unspecified atom stereocenters. The summed E-state index contributed by atoms with van der Waals surface area (Å²) < 4.78 is 0. The topological polar surface area (TPSA) is 32.3 Å². The number of benzene rings is 1. The molecule has 0 saturated heterocycles. The van der Waals surface area contributed by atoms with Crippen LogP contribution in [0.4, 0.5) is 0 Å². The van der Waals surface area contributed by atoms with Gasteiger partial charge in [0.25, 0.3) is 0 Å². The fourth-order valence-corrected chi connectivity index (χ4v) is 1.19. The first-order valence-electron chi connectivity index (χ1n) is 4.50. The second-order valence-electron chi connectivity index (χ2n) is 3.78. The largest absolute Gasteiger partial charge is 0.387 e. The molecular formula is C11H17NO. The third-order valence-corrected chi connectivity index (χ3v) is 2.44. The minimum absolute atomic E-state index is 0.290. The molecule has 0 aromatic heterocycles. The lowest BCUT2D eigenvalue weighted by molar-refractivity contribution is 0.0855. The summed E-state index contributed by atoms with van der Waals surface area (Å²) in [5.74, 6) is 0. The molecule has 0 aliphatic rings. The Morgan fingerprint density at radius 1 is 1.23 bits per heavy atom. The summed E-state index contributed by atoms with van der Waals surface area (Å²) in [6, 6.07) is 9.69. The quantitative estimate of drug-likeness (QED) is 0.740. The third-order valence-electron chi connectivity index (χ3n) is 2.44. The molecule has 0 fully saturated rings. The molecule has 0 heterocycles. The summed E-state index contributed by atoms with van der Waals surface area (Å²) in [7, 11) is 1.85. The molecule has 0 radical (unpaired) electrons. The van der Waals surface area contributed by atoms with Gasteiger partial charge in [-0.2, -0.15) is 0 Å². The molecule has 0 saturated carbocycles. The number of aliphatic hydroxyl groups is 1. The van der Waals surface area contributed by atoms with Crippen LogP contribution in [0.25, 0.3) is 0 Å². The first kappa shape index (κ1) is 10.2. The molecule has 0 amide bonds. The highest BCUT2D eigenvalue weighted by Gasteiger charge is 2.26. The molecule has 72 valence electrons. The zero-order valence-corrected chi connectivity index (χ0v) is 8.41. The first-order valence-corrected chi connectivity index (χ1v) is 4.50. The van der Waals surface area contributed by atoms with Gasteiger partial charge in [0.15, 0.2) is 0 Å². The van der Waals surface area contributed by atoms with Crippen molar-refractivity contribution in [2.24, 2.45) is 0 Å². The summed E-state index contributed by atoms with van der Waals surface area (Å²) in [4.78, 5) is 0. The van der Waals surface area contributed by atoms with Crippen molar-refractivity contribution in [2.45, 2.75) is 25.5 Å². The fraction of sp³-hybridized carbons (Fsp3) is 0.455. The average Bonchev–Trinajstić information content (AvgIpc) is 2.18. The van der Waals surface area contributed by atoms with Crippen LogP contribution in [0, 0.1) is 0 Å². The minimum Gasteiger partial charge on any atom is -0.387 e. The summed E-state index contributed by atoms with van der Waals surface area (Å²) in [6.45, 7) is 3.95. The molecule has 0 aliphatic heterocycles. The number of nitrogens with one attached hydrogen (secondary N) is 1. The molecule has 1 aromatic rings. The Morgan fingerprint density at radius 3 is 2.23 bits per heavy atom. The van der Waals surface area contributed by atoms with Gasteiger partial charge in [0.05, 0.1) is 6.10 Å². The molecule has 2 heteroatoms. The van der Waals surface area contributed by atoms with Crippen LogP contribution in [0.5, 0.6) is 0 Å². The Balaban J connectivity index is 2.85.